The topological polar surface area (TPSA) is 38.0 Å². The number of aryl methyl sites for hydroxylation is 2. The molecule has 0 radical (unpaired) electrons. The van der Waals surface area contributed by atoms with Crippen LogP contribution in [0.3, 0.4) is 0 Å². The molecule has 1 aromatic carbocycles. The molecular formula is C15H18Cl2N2O. The van der Waals surface area contributed by atoms with E-state index in [9.17, 15) is 5.11 Å². The Hall–Kier alpha value is -1.03. The summed E-state index contributed by atoms with van der Waals surface area (Å²) in [6.45, 7) is 3.67. The largest absolute Gasteiger partial charge is 0.389 e. The van der Waals surface area contributed by atoms with Gasteiger partial charge in [-0.2, -0.15) is 5.10 Å². The van der Waals surface area contributed by atoms with Crippen molar-refractivity contribution in [2.24, 2.45) is 7.05 Å². The third kappa shape index (κ3) is 3.54. The fourth-order valence-electron chi connectivity index (χ4n) is 2.34. The fraction of sp³-hybridized carbons (Fsp3) is 0.400. The van der Waals surface area contributed by atoms with Crippen molar-refractivity contribution in [2.45, 2.75) is 32.3 Å². The van der Waals surface area contributed by atoms with Gasteiger partial charge >= 0.3 is 0 Å². The number of halogens is 2. The van der Waals surface area contributed by atoms with E-state index in [-0.39, 0.29) is 0 Å². The maximum atomic E-state index is 10.6. The van der Waals surface area contributed by atoms with Crippen LogP contribution >= 0.6 is 23.2 Å². The van der Waals surface area contributed by atoms with E-state index in [4.69, 9.17) is 23.2 Å². The Morgan fingerprint density at radius 3 is 2.30 bits per heavy atom. The molecular weight excluding hydrogens is 295 g/mol. The van der Waals surface area contributed by atoms with Crippen molar-refractivity contribution >= 4 is 23.2 Å². The van der Waals surface area contributed by atoms with E-state index in [2.05, 4.69) is 5.10 Å². The SMILES string of the molecule is Cc1nn(C)c(CC(C)(O)Cc2ccc(Cl)cc2)c1Cl. The van der Waals surface area contributed by atoms with Gasteiger partial charge in [0.15, 0.2) is 0 Å². The van der Waals surface area contributed by atoms with Gasteiger partial charge in [0, 0.05) is 24.9 Å². The van der Waals surface area contributed by atoms with Crippen molar-refractivity contribution in [1.29, 1.82) is 0 Å². The summed E-state index contributed by atoms with van der Waals surface area (Å²) in [7, 11) is 1.84. The first-order valence-electron chi connectivity index (χ1n) is 6.43. The molecule has 1 heterocycles. The number of benzene rings is 1. The molecule has 0 amide bonds. The van der Waals surface area contributed by atoms with Crippen molar-refractivity contribution in [1.82, 2.24) is 9.78 Å². The van der Waals surface area contributed by atoms with E-state index in [1.807, 2.05) is 38.2 Å². The molecule has 2 rings (SSSR count). The summed E-state index contributed by atoms with van der Waals surface area (Å²) >= 11 is 12.1. The van der Waals surface area contributed by atoms with Crippen LogP contribution in [-0.4, -0.2) is 20.5 Å². The first-order valence-corrected chi connectivity index (χ1v) is 7.19. The normalized spacial score (nSPS) is 14.3. The van der Waals surface area contributed by atoms with Gasteiger partial charge in [-0.25, -0.2) is 0 Å². The van der Waals surface area contributed by atoms with Crippen LogP contribution in [0.2, 0.25) is 10.0 Å². The van der Waals surface area contributed by atoms with Crippen LogP contribution in [0.1, 0.15) is 23.9 Å². The highest BCUT2D eigenvalue weighted by molar-refractivity contribution is 6.31. The Labute approximate surface area is 129 Å². The second kappa shape index (κ2) is 5.76. The van der Waals surface area contributed by atoms with Gasteiger partial charge < -0.3 is 5.11 Å². The Morgan fingerprint density at radius 2 is 1.80 bits per heavy atom. The molecule has 0 spiro atoms. The molecule has 1 unspecified atom stereocenters. The van der Waals surface area contributed by atoms with Crippen molar-refractivity contribution in [3.05, 3.63) is 51.3 Å². The van der Waals surface area contributed by atoms with Crippen LogP contribution < -0.4 is 0 Å². The zero-order valence-electron chi connectivity index (χ0n) is 11.8. The zero-order valence-corrected chi connectivity index (χ0v) is 13.3. The lowest BCUT2D eigenvalue weighted by Gasteiger charge is -2.23. The molecule has 0 aliphatic heterocycles. The monoisotopic (exact) mass is 312 g/mol. The summed E-state index contributed by atoms with van der Waals surface area (Å²) in [5.74, 6) is 0. The maximum Gasteiger partial charge on any atom is 0.0848 e. The number of rotatable bonds is 4. The molecule has 0 saturated heterocycles. The zero-order chi connectivity index (χ0) is 14.9. The van der Waals surface area contributed by atoms with Crippen molar-refractivity contribution in [2.75, 3.05) is 0 Å². The van der Waals surface area contributed by atoms with Gasteiger partial charge in [0.25, 0.3) is 0 Å². The predicted molar refractivity (Wildman–Crippen MR) is 82.4 cm³/mol. The van der Waals surface area contributed by atoms with Crippen molar-refractivity contribution < 1.29 is 5.11 Å². The molecule has 1 aromatic heterocycles. The molecule has 0 saturated carbocycles. The second-order valence-electron chi connectivity index (χ2n) is 5.45. The van der Waals surface area contributed by atoms with Crippen LogP contribution in [0.25, 0.3) is 0 Å². The van der Waals surface area contributed by atoms with E-state index in [1.165, 1.54) is 0 Å². The first kappa shape index (κ1) is 15.4. The first-order chi connectivity index (χ1) is 9.28. The summed E-state index contributed by atoms with van der Waals surface area (Å²) in [5.41, 5.74) is 1.78. The minimum absolute atomic E-state index is 0.450. The summed E-state index contributed by atoms with van der Waals surface area (Å²) in [4.78, 5) is 0. The molecule has 5 heteroatoms. The molecule has 0 aliphatic carbocycles. The van der Waals surface area contributed by atoms with E-state index < -0.39 is 5.60 Å². The van der Waals surface area contributed by atoms with Gasteiger partial charge in [-0.15, -0.1) is 0 Å². The van der Waals surface area contributed by atoms with Gasteiger partial charge in [-0.05, 0) is 31.5 Å². The lowest BCUT2D eigenvalue weighted by molar-refractivity contribution is 0.0589. The van der Waals surface area contributed by atoms with Gasteiger partial charge in [-0.1, -0.05) is 35.3 Å². The van der Waals surface area contributed by atoms with E-state index in [0.29, 0.717) is 22.9 Å². The lowest BCUT2D eigenvalue weighted by atomic mass is 9.92. The second-order valence-corrected chi connectivity index (χ2v) is 6.26. The Morgan fingerprint density at radius 1 is 1.20 bits per heavy atom. The van der Waals surface area contributed by atoms with Gasteiger partial charge in [0.1, 0.15) is 0 Å². The summed E-state index contributed by atoms with van der Waals surface area (Å²) < 4.78 is 1.73. The average Bonchev–Trinajstić information content (AvgIpc) is 2.58. The number of aromatic nitrogens is 2. The molecule has 0 fully saturated rings. The van der Waals surface area contributed by atoms with E-state index in [0.717, 1.165) is 17.0 Å². The van der Waals surface area contributed by atoms with Gasteiger partial charge in [0.05, 0.1) is 22.0 Å². The minimum atomic E-state index is -0.891. The molecule has 20 heavy (non-hydrogen) atoms. The number of hydrogen-bond acceptors (Lipinski definition) is 2. The molecule has 1 N–H and O–H groups in total. The van der Waals surface area contributed by atoms with Crippen molar-refractivity contribution in [3.8, 4) is 0 Å². The minimum Gasteiger partial charge on any atom is -0.389 e. The third-order valence-corrected chi connectivity index (χ3v) is 4.05. The van der Waals surface area contributed by atoms with Crippen LogP contribution in [0.15, 0.2) is 24.3 Å². The van der Waals surface area contributed by atoms with Crippen LogP contribution in [-0.2, 0) is 19.9 Å². The van der Waals surface area contributed by atoms with E-state index >= 15 is 0 Å². The number of hydrogen-bond donors (Lipinski definition) is 1. The molecule has 1 atom stereocenters. The Kier molecular flexibility index (Phi) is 4.43. The molecule has 0 bridgehead atoms. The molecule has 0 aliphatic rings. The Bertz CT molecular complexity index is 603. The standard InChI is InChI=1S/C15H18Cl2N2O/c1-10-14(17)13(19(3)18-10)9-15(2,20)8-11-4-6-12(16)7-5-11/h4-7,20H,8-9H2,1-3H3. The predicted octanol–water partition coefficient (Wildman–Crippen LogP) is 3.57. The highest BCUT2D eigenvalue weighted by Gasteiger charge is 2.25. The molecule has 2 aromatic rings. The molecule has 108 valence electrons. The van der Waals surface area contributed by atoms with Crippen molar-refractivity contribution in [3.63, 3.8) is 0 Å². The number of nitrogens with zero attached hydrogens (tertiary/aromatic N) is 2. The third-order valence-electron chi connectivity index (χ3n) is 3.31. The maximum absolute atomic E-state index is 10.6. The quantitative estimate of drug-likeness (QED) is 0.937. The highest BCUT2D eigenvalue weighted by Crippen LogP contribution is 2.26. The average molecular weight is 313 g/mol. The number of aliphatic hydroxyl groups is 1. The van der Waals surface area contributed by atoms with Crippen LogP contribution in [0.4, 0.5) is 0 Å². The summed E-state index contributed by atoms with van der Waals surface area (Å²) in [6, 6.07) is 7.50. The smallest absolute Gasteiger partial charge is 0.0848 e. The lowest BCUT2D eigenvalue weighted by Crippen LogP contribution is -2.31. The summed E-state index contributed by atoms with van der Waals surface area (Å²) in [5, 5.41) is 16.2. The molecule has 3 nitrogen and oxygen atoms in total. The fourth-order valence-corrected chi connectivity index (χ4v) is 2.69. The van der Waals surface area contributed by atoms with Gasteiger partial charge in [-0.3, -0.25) is 4.68 Å². The van der Waals surface area contributed by atoms with E-state index in [1.54, 1.807) is 11.6 Å². The highest BCUT2D eigenvalue weighted by atomic mass is 35.5. The van der Waals surface area contributed by atoms with Crippen LogP contribution in [0, 0.1) is 6.92 Å². The summed E-state index contributed by atoms with van der Waals surface area (Å²) in [6.07, 6.45) is 0.983. The van der Waals surface area contributed by atoms with Crippen LogP contribution in [0.5, 0.6) is 0 Å². The van der Waals surface area contributed by atoms with Gasteiger partial charge in [0.2, 0.25) is 0 Å². The Balaban J connectivity index is 2.16.